The first kappa shape index (κ1) is 15.8. The Morgan fingerprint density at radius 2 is 2.10 bits per heavy atom. The minimum atomic E-state index is -0.0577. The second-order valence-corrected chi connectivity index (χ2v) is 5.61. The Labute approximate surface area is 130 Å². The molecule has 0 saturated carbocycles. The number of benzene rings is 1. The summed E-state index contributed by atoms with van der Waals surface area (Å²) in [5, 5.41) is 4.86. The largest absolute Gasteiger partial charge is 0.390 e. The third-order valence-corrected chi connectivity index (χ3v) is 3.74. The Balaban J connectivity index is 1.94. The highest BCUT2D eigenvalue weighted by atomic mass is 35.5. The summed E-state index contributed by atoms with van der Waals surface area (Å²) in [7, 11) is 0. The average molecular weight is 309 g/mol. The third kappa shape index (κ3) is 4.21. The van der Waals surface area contributed by atoms with E-state index in [1.807, 2.05) is 36.1 Å². The predicted molar refractivity (Wildman–Crippen MR) is 84.6 cm³/mol. The van der Waals surface area contributed by atoms with E-state index in [1.165, 1.54) is 0 Å². The van der Waals surface area contributed by atoms with Crippen LogP contribution >= 0.6 is 11.6 Å². The lowest BCUT2D eigenvalue weighted by Crippen LogP contribution is -2.37. The molecule has 1 heterocycles. The maximum Gasteiger partial charge on any atom is 0.222 e. The molecule has 21 heavy (non-hydrogen) atoms. The number of oxime groups is 1. The van der Waals surface area contributed by atoms with Crippen molar-refractivity contribution in [3.63, 3.8) is 0 Å². The van der Waals surface area contributed by atoms with E-state index in [0.29, 0.717) is 18.0 Å². The first-order chi connectivity index (χ1) is 10.1. The van der Waals surface area contributed by atoms with Crippen molar-refractivity contribution in [2.24, 2.45) is 5.16 Å². The normalized spacial score (nSPS) is 17.3. The topological polar surface area (TPSA) is 41.9 Å². The van der Waals surface area contributed by atoms with Crippen molar-refractivity contribution < 1.29 is 9.63 Å². The zero-order valence-electron chi connectivity index (χ0n) is 12.5. The molecule has 0 aromatic heterocycles. The Bertz CT molecular complexity index is 514. The molecule has 0 aliphatic carbocycles. The smallest absolute Gasteiger partial charge is 0.222 e. The van der Waals surface area contributed by atoms with Gasteiger partial charge in [0.05, 0.1) is 12.3 Å². The number of carbonyl (C=O) groups excluding carboxylic acids is 1. The molecule has 1 aromatic rings. The van der Waals surface area contributed by atoms with Crippen molar-refractivity contribution in [1.29, 1.82) is 0 Å². The molecular formula is C16H21ClN2O2. The molecule has 1 amide bonds. The van der Waals surface area contributed by atoms with E-state index in [2.05, 4.69) is 12.1 Å². The summed E-state index contributed by atoms with van der Waals surface area (Å²) in [5.74, 6) is 0.167. The molecule has 1 aromatic carbocycles. The molecular weight excluding hydrogens is 288 g/mol. The maximum atomic E-state index is 11.9. The van der Waals surface area contributed by atoms with Crippen molar-refractivity contribution in [3.8, 4) is 0 Å². The SMILES string of the molecule is CCCN(CC1CC(c2ccc(Cl)cc2)=NO1)C(=O)CC. The monoisotopic (exact) mass is 308 g/mol. The van der Waals surface area contributed by atoms with Crippen LogP contribution in [0, 0.1) is 0 Å². The van der Waals surface area contributed by atoms with E-state index >= 15 is 0 Å². The Morgan fingerprint density at radius 3 is 2.71 bits per heavy atom. The van der Waals surface area contributed by atoms with Crippen LogP contribution in [0.2, 0.25) is 5.02 Å². The number of hydrogen-bond donors (Lipinski definition) is 0. The van der Waals surface area contributed by atoms with Crippen LogP contribution in [0.1, 0.15) is 38.7 Å². The molecule has 2 rings (SSSR count). The molecule has 1 atom stereocenters. The summed E-state index contributed by atoms with van der Waals surface area (Å²) in [6, 6.07) is 7.56. The van der Waals surface area contributed by atoms with E-state index < -0.39 is 0 Å². The van der Waals surface area contributed by atoms with Crippen molar-refractivity contribution in [1.82, 2.24) is 4.90 Å². The molecule has 114 valence electrons. The van der Waals surface area contributed by atoms with Crippen molar-refractivity contribution in [3.05, 3.63) is 34.9 Å². The highest BCUT2D eigenvalue weighted by molar-refractivity contribution is 6.30. The second-order valence-electron chi connectivity index (χ2n) is 5.17. The molecule has 1 aliphatic heterocycles. The fraction of sp³-hybridized carbons (Fsp3) is 0.500. The van der Waals surface area contributed by atoms with Gasteiger partial charge in [0.15, 0.2) is 6.10 Å². The first-order valence-electron chi connectivity index (χ1n) is 7.40. The predicted octanol–water partition coefficient (Wildman–Crippen LogP) is 3.48. The molecule has 5 heteroatoms. The number of nitrogens with zero attached hydrogens (tertiary/aromatic N) is 2. The molecule has 0 fully saturated rings. The van der Waals surface area contributed by atoms with Crippen LogP contribution < -0.4 is 0 Å². The van der Waals surface area contributed by atoms with Gasteiger partial charge >= 0.3 is 0 Å². The number of amides is 1. The molecule has 1 unspecified atom stereocenters. The lowest BCUT2D eigenvalue weighted by Gasteiger charge is -2.23. The molecule has 1 aliphatic rings. The summed E-state index contributed by atoms with van der Waals surface area (Å²) in [5.41, 5.74) is 1.93. The Hall–Kier alpha value is -1.55. The van der Waals surface area contributed by atoms with Gasteiger partial charge in [-0.3, -0.25) is 4.79 Å². The molecule has 0 N–H and O–H groups in total. The van der Waals surface area contributed by atoms with Crippen LogP contribution in [0.25, 0.3) is 0 Å². The molecule has 0 bridgehead atoms. The van der Waals surface area contributed by atoms with Gasteiger partial charge in [-0.25, -0.2) is 0 Å². The number of halogens is 1. The average Bonchev–Trinajstić information content (AvgIpc) is 2.95. The quantitative estimate of drug-likeness (QED) is 0.807. The van der Waals surface area contributed by atoms with Gasteiger partial charge in [-0.15, -0.1) is 0 Å². The number of hydrogen-bond acceptors (Lipinski definition) is 3. The summed E-state index contributed by atoms with van der Waals surface area (Å²) < 4.78 is 0. The van der Waals surface area contributed by atoms with Gasteiger partial charge in [0, 0.05) is 24.4 Å². The highest BCUT2D eigenvalue weighted by Gasteiger charge is 2.25. The first-order valence-corrected chi connectivity index (χ1v) is 7.78. The Morgan fingerprint density at radius 1 is 1.38 bits per heavy atom. The standard InChI is InChI=1S/C16H21ClN2O2/c1-3-9-19(16(20)4-2)11-14-10-15(18-21-14)12-5-7-13(17)8-6-12/h5-8,14H,3-4,9-11H2,1-2H3. The number of rotatable bonds is 6. The minimum absolute atomic E-state index is 0.0577. The van der Waals surface area contributed by atoms with Crippen molar-refractivity contribution in [2.75, 3.05) is 13.1 Å². The fourth-order valence-corrected chi connectivity index (χ4v) is 2.52. The highest BCUT2D eigenvalue weighted by Crippen LogP contribution is 2.19. The van der Waals surface area contributed by atoms with E-state index in [-0.39, 0.29) is 12.0 Å². The van der Waals surface area contributed by atoms with E-state index in [9.17, 15) is 4.79 Å². The van der Waals surface area contributed by atoms with Crippen LogP contribution in [0.5, 0.6) is 0 Å². The van der Waals surface area contributed by atoms with Crippen molar-refractivity contribution >= 4 is 23.2 Å². The minimum Gasteiger partial charge on any atom is -0.390 e. The van der Waals surface area contributed by atoms with Crippen LogP contribution in [-0.4, -0.2) is 35.7 Å². The molecule has 0 saturated heterocycles. The molecule has 0 radical (unpaired) electrons. The lowest BCUT2D eigenvalue weighted by atomic mass is 10.0. The van der Waals surface area contributed by atoms with Gasteiger partial charge in [-0.2, -0.15) is 0 Å². The van der Waals surface area contributed by atoms with Crippen LogP contribution in [-0.2, 0) is 9.63 Å². The van der Waals surface area contributed by atoms with Gasteiger partial charge in [0.2, 0.25) is 5.91 Å². The lowest BCUT2D eigenvalue weighted by molar-refractivity contribution is -0.132. The third-order valence-electron chi connectivity index (χ3n) is 3.48. The van der Waals surface area contributed by atoms with Gasteiger partial charge in [0.25, 0.3) is 0 Å². The van der Waals surface area contributed by atoms with Gasteiger partial charge in [0.1, 0.15) is 0 Å². The zero-order valence-corrected chi connectivity index (χ0v) is 13.3. The van der Waals surface area contributed by atoms with Gasteiger partial charge in [-0.1, -0.05) is 42.7 Å². The van der Waals surface area contributed by atoms with Gasteiger partial charge in [-0.05, 0) is 24.1 Å². The van der Waals surface area contributed by atoms with E-state index in [1.54, 1.807) is 0 Å². The summed E-state index contributed by atoms with van der Waals surface area (Å²) in [6.07, 6.45) is 2.14. The van der Waals surface area contributed by atoms with Crippen LogP contribution in [0.4, 0.5) is 0 Å². The summed E-state index contributed by atoms with van der Waals surface area (Å²) in [4.78, 5) is 19.2. The fourth-order valence-electron chi connectivity index (χ4n) is 2.40. The molecule has 4 nitrogen and oxygen atoms in total. The van der Waals surface area contributed by atoms with Crippen LogP contribution in [0.3, 0.4) is 0 Å². The summed E-state index contributed by atoms with van der Waals surface area (Å²) in [6.45, 7) is 5.32. The Kier molecular flexibility index (Phi) is 5.62. The van der Waals surface area contributed by atoms with E-state index in [4.69, 9.17) is 16.4 Å². The number of carbonyl (C=O) groups is 1. The molecule has 0 spiro atoms. The van der Waals surface area contributed by atoms with Crippen molar-refractivity contribution in [2.45, 2.75) is 39.2 Å². The van der Waals surface area contributed by atoms with Gasteiger partial charge < -0.3 is 9.74 Å². The summed E-state index contributed by atoms with van der Waals surface area (Å²) >= 11 is 5.89. The van der Waals surface area contributed by atoms with Crippen LogP contribution in [0.15, 0.2) is 29.4 Å². The van der Waals surface area contributed by atoms with E-state index in [0.717, 1.165) is 30.7 Å². The zero-order chi connectivity index (χ0) is 15.2. The maximum absolute atomic E-state index is 11.9. The second kappa shape index (κ2) is 7.46.